The molecule has 1 amide bonds. The van der Waals surface area contributed by atoms with Gasteiger partial charge in [0.05, 0.1) is 23.3 Å². The predicted molar refractivity (Wildman–Crippen MR) is 83.5 cm³/mol. The Morgan fingerprint density at radius 2 is 2.23 bits per heavy atom. The molecule has 1 aromatic carbocycles. The minimum Gasteiger partial charge on any atom is -0.445 e. The first kappa shape index (κ1) is 14.9. The lowest BCUT2D eigenvalue weighted by molar-refractivity contribution is 0.0915. The molecule has 0 saturated carbocycles. The molecular formula is C16H18ClN3O2. The molecule has 5 nitrogen and oxygen atoms in total. The number of amides is 1. The van der Waals surface area contributed by atoms with Gasteiger partial charge in [-0.1, -0.05) is 30.3 Å². The summed E-state index contributed by atoms with van der Waals surface area (Å²) in [5, 5.41) is 7.15. The summed E-state index contributed by atoms with van der Waals surface area (Å²) >= 11 is 5.79. The van der Waals surface area contributed by atoms with Crippen LogP contribution < -0.4 is 0 Å². The third-order valence-electron chi connectivity index (χ3n) is 3.83. The average Bonchev–Trinajstić information content (AvgIpc) is 3.21. The van der Waals surface area contributed by atoms with Crippen molar-refractivity contribution >= 4 is 17.7 Å². The van der Waals surface area contributed by atoms with E-state index in [0.717, 1.165) is 29.8 Å². The van der Waals surface area contributed by atoms with Crippen molar-refractivity contribution in [2.75, 3.05) is 6.54 Å². The van der Waals surface area contributed by atoms with Gasteiger partial charge in [-0.15, -0.1) is 11.6 Å². The van der Waals surface area contributed by atoms with Gasteiger partial charge in [0.2, 0.25) is 0 Å². The topological polar surface area (TPSA) is 58.2 Å². The monoisotopic (exact) mass is 319 g/mol. The number of halogens is 1. The maximum atomic E-state index is 12.3. The molecule has 1 fully saturated rings. The molecule has 3 rings (SSSR count). The number of nitrogens with one attached hydrogen (secondary N) is 1. The SMILES string of the molecule is O=C(OCc1ccccc1)N1CCCC1c1cc(CCl)[nH]n1. The van der Waals surface area contributed by atoms with E-state index in [2.05, 4.69) is 10.2 Å². The zero-order valence-corrected chi connectivity index (χ0v) is 12.9. The number of aromatic nitrogens is 2. The first-order chi connectivity index (χ1) is 10.8. The van der Waals surface area contributed by atoms with Crippen LogP contribution in [0.3, 0.4) is 0 Å². The lowest BCUT2D eigenvalue weighted by atomic mass is 10.1. The fourth-order valence-corrected chi connectivity index (χ4v) is 2.85. The molecule has 1 aromatic heterocycles. The normalized spacial score (nSPS) is 17.7. The zero-order valence-electron chi connectivity index (χ0n) is 12.2. The minimum atomic E-state index is -0.290. The summed E-state index contributed by atoms with van der Waals surface area (Å²) in [6.45, 7) is 0.984. The quantitative estimate of drug-likeness (QED) is 0.876. The Balaban J connectivity index is 1.63. The van der Waals surface area contributed by atoms with E-state index in [9.17, 15) is 4.79 Å². The van der Waals surface area contributed by atoms with Crippen LogP contribution >= 0.6 is 11.6 Å². The second-order valence-electron chi connectivity index (χ2n) is 5.34. The van der Waals surface area contributed by atoms with Gasteiger partial charge in [-0.25, -0.2) is 4.79 Å². The van der Waals surface area contributed by atoms with Gasteiger partial charge >= 0.3 is 6.09 Å². The highest BCUT2D eigenvalue weighted by molar-refractivity contribution is 6.16. The van der Waals surface area contributed by atoms with Gasteiger partial charge in [-0.2, -0.15) is 5.10 Å². The fraction of sp³-hybridized carbons (Fsp3) is 0.375. The van der Waals surface area contributed by atoms with Crippen molar-refractivity contribution in [3.05, 3.63) is 53.3 Å². The van der Waals surface area contributed by atoms with Crippen LogP contribution in [0.25, 0.3) is 0 Å². The summed E-state index contributed by atoms with van der Waals surface area (Å²) < 4.78 is 5.42. The summed E-state index contributed by atoms with van der Waals surface area (Å²) in [6.07, 6.45) is 1.56. The number of likely N-dealkylation sites (tertiary alicyclic amines) is 1. The Kier molecular flexibility index (Phi) is 4.63. The Morgan fingerprint density at radius 3 is 2.95 bits per heavy atom. The highest BCUT2D eigenvalue weighted by Gasteiger charge is 2.32. The molecule has 2 aromatic rings. The third kappa shape index (κ3) is 3.25. The van der Waals surface area contributed by atoms with Crippen molar-refractivity contribution in [2.24, 2.45) is 0 Å². The Hall–Kier alpha value is -2.01. The van der Waals surface area contributed by atoms with E-state index in [0.29, 0.717) is 12.4 Å². The molecule has 2 heterocycles. The number of hydrogen-bond donors (Lipinski definition) is 1. The molecule has 1 atom stereocenters. The van der Waals surface area contributed by atoms with Gasteiger partial charge < -0.3 is 4.74 Å². The van der Waals surface area contributed by atoms with Gasteiger partial charge in [-0.3, -0.25) is 10.00 Å². The van der Waals surface area contributed by atoms with E-state index in [1.807, 2.05) is 36.4 Å². The van der Waals surface area contributed by atoms with Crippen LogP contribution in [0.4, 0.5) is 4.79 Å². The number of H-pyrrole nitrogens is 1. The fourth-order valence-electron chi connectivity index (χ4n) is 2.71. The number of hydrogen-bond acceptors (Lipinski definition) is 3. The number of aromatic amines is 1. The van der Waals surface area contributed by atoms with E-state index >= 15 is 0 Å². The molecule has 1 aliphatic heterocycles. The summed E-state index contributed by atoms with van der Waals surface area (Å²) in [7, 11) is 0. The lowest BCUT2D eigenvalue weighted by Crippen LogP contribution is -2.31. The summed E-state index contributed by atoms with van der Waals surface area (Å²) in [5.74, 6) is 0.387. The Bertz CT molecular complexity index is 629. The molecule has 0 spiro atoms. The first-order valence-electron chi connectivity index (χ1n) is 7.35. The van der Waals surface area contributed by atoms with Crippen LogP contribution in [0.2, 0.25) is 0 Å². The van der Waals surface area contributed by atoms with Gasteiger partial charge in [0.25, 0.3) is 0 Å². The van der Waals surface area contributed by atoms with Crippen LogP contribution in [0.1, 0.15) is 35.8 Å². The summed E-state index contributed by atoms with van der Waals surface area (Å²) in [4.78, 5) is 14.1. The van der Waals surface area contributed by atoms with E-state index in [1.54, 1.807) is 4.90 Å². The number of nitrogens with zero attached hydrogens (tertiary/aromatic N) is 2. The predicted octanol–water partition coefficient (Wildman–Crippen LogP) is 3.62. The molecule has 1 unspecified atom stereocenters. The van der Waals surface area contributed by atoms with Gasteiger partial charge in [0.15, 0.2) is 0 Å². The molecular weight excluding hydrogens is 302 g/mol. The highest BCUT2D eigenvalue weighted by atomic mass is 35.5. The van der Waals surface area contributed by atoms with Gasteiger partial charge in [0.1, 0.15) is 6.61 Å². The molecule has 1 saturated heterocycles. The van der Waals surface area contributed by atoms with E-state index in [-0.39, 0.29) is 18.7 Å². The molecule has 22 heavy (non-hydrogen) atoms. The second kappa shape index (κ2) is 6.83. The van der Waals surface area contributed by atoms with Crippen molar-refractivity contribution in [1.29, 1.82) is 0 Å². The van der Waals surface area contributed by atoms with Gasteiger partial charge in [0, 0.05) is 6.54 Å². The number of benzene rings is 1. The number of ether oxygens (including phenoxy) is 1. The molecule has 0 bridgehead atoms. The molecule has 6 heteroatoms. The van der Waals surface area contributed by atoms with E-state index in [1.165, 1.54) is 0 Å². The summed E-state index contributed by atoms with van der Waals surface area (Å²) in [5.41, 5.74) is 2.70. The number of carbonyl (C=O) groups excluding carboxylic acids is 1. The van der Waals surface area contributed by atoms with Crippen LogP contribution in [-0.2, 0) is 17.2 Å². The van der Waals surface area contributed by atoms with Crippen LogP contribution in [0, 0.1) is 0 Å². The van der Waals surface area contributed by atoms with Crippen molar-refractivity contribution in [3.63, 3.8) is 0 Å². The average molecular weight is 320 g/mol. The number of rotatable bonds is 4. The molecule has 1 aliphatic rings. The maximum absolute atomic E-state index is 12.3. The standard InChI is InChI=1S/C16H18ClN3O2/c17-10-13-9-14(19-18-13)15-7-4-8-20(15)16(21)22-11-12-5-2-1-3-6-12/h1-3,5-6,9,15H,4,7-8,10-11H2,(H,18,19). The molecule has 0 aliphatic carbocycles. The van der Waals surface area contributed by atoms with E-state index < -0.39 is 0 Å². The van der Waals surface area contributed by atoms with Crippen molar-refractivity contribution in [2.45, 2.75) is 31.4 Å². The lowest BCUT2D eigenvalue weighted by Gasteiger charge is -2.22. The van der Waals surface area contributed by atoms with Crippen molar-refractivity contribution in [1.82, 2.24) is 15.1 Å². The Labute approximate surface area is 134 Å². The van der Waals surface area contributed by atoms with Gasteiger partial charge in [-0.05, 0) is 24.5 Å². The second-order valence-corrected chi connectivity index (χ2v) is 5.61. The maximum Gasteiger partial charge on any atom is 0.410 e. The van der Waals surface area contributed by atoms with Crippen LogP contribution in [-0.4, -0.2) is 27.7 Å². The highest BCUT2D eigenvalue weighted by Crippen LogP contribution is 2.31. The molecule has 0 radical (unpaired) electrons. The molecule has 1 N–H and O–H groups in total. The largest absolute Gasteiger partial charge is 0.445 e. The van der Waals surface area contributed by atoms with E-state index in [4.69, 9.17) is 16.3 Å². The molecule has 116 valence electrons. The van der Waals surface area contributed by atoms with Crippen LogP contribution in [0.15, 0.2) is 36.4 Å². The Morgan fingerprint density at radius 1 is 1.41 bits per heavy atom. The summed E-state index contributed by atoms with van der Waals surface area (Å²) in [6, 6.07) is 11.6. The van der Waals surface area contributed by atoms with Crippen molar-refractivity contribution < 1.29 is 9.53 Å². The first-order valence-corrected chi connectivity index (χ1v) is 7.89. The van der Waals surface area contributed by atoms with Crippen molar-refractivity contribution in [3.8, 4) is 0 Å². The third-order valence-corrected chi connectivity index (χ3v) is 4.12. The van der Waals surface area contributed by atoms with Crippen LogP contribution in [0.5, 0.6) is 0 Å². The minimum absolute atomic E-state index is 0.0310. The number of alkyl halides is 1. The number of carbonyl (C=O) groups is 1. The zero-order chi connectivity index (χ0) is 15.4. The smallest absolute Gasteiger partial charge is 0.410 e.